The second-order valence-corrected chi connectivity index (χ2v) is 4.29. The third-order valence-corrected chi connectivity index (χ3v) is 2.65. The summed E-state index contributed by atoms with van der Waals surface area (Å²) >= 11 is 0. The molecule has 1 heterocycles. The molecule has 0 atom stereocenters. The molecule has 6 nitrogen and oxygen atoms in total. The Balaban J connectivity index is 2.08. The number of benzene rings is 1. The molecule has 0 saturated carbocycles. The summed E-state index contributed by atoms with van der Waals surface area (Å²) < 4.78 is 0. The van der Waals surface area contributed by atoms with E-state index in [1.807, 2.05) is 31.2 Å². The van der Waals surface area contributed by atoms with Crippen molar-refractivity contribution in [2.24, 2.45) is 0 Å². The molecule has 2 N–H and O–H groups in total. The lowest BCUT2D eigenvalue weighted by Crippen LogP contribution is -2.14. The maximum atomic E-state index is 11.8. The van der Waals surface area contributed by atoms with Crippen LogP contribution in [0.15, 0.2) is 42.7 Å². The van der Waals surface area contributed by atoms with E-state index >= 15 is 0 Å². The number of nitrogens with one attached hydrogen (secondary N) is 1. The molecular formula is C15H13N3O3. The molecule has 0 fully saturated rings. The van der Waals surface area contributed by atoms with Crippen molar-refractivity contribution in [3.63, 3.8) is 0 Å². The number of carbonyl (C=O) groups is 2. The van der Waals surface area contributed by atoms with Crippen LogP contribution in [0.4, 0.5) is 5.82 Å². The highest BCUT2D eigenvalue weighted by Gasteiger charge is 2.13. The number of hydrogen-bond acceptors (Lipinski definition) is 4. The van der Waals surface area contributed by atoms with Gasteiger partial charge in [-0.05, 0) is 18.6 Å². The number of carbonyl (C=O) groups excluding carboxylic acids is 1. The van der Waals surface area contributed by atoms with Gasteiger partial charge in [-0.25, -0.2) is 14.8 Å². The molecule has 0 spiro atoms. The standard InChI is InChI=1S/C15H13N3O3/c1-10-2-4-11(5-3-10)6-7-12(19)18-14-13(15(20)21)16-8-9-17-14/h2-9H,1H3,(H,20,21)(H,17,18,19). The van der Waals surface area contributed by atoms with Gasteiger partial charge in [0.15, 0.2) is 11.5 Å². The molecule has 0 bridgehead atoms. The van der Waals surface area contributed by atoms with E-state index < -0.39 is 11.9 Å². The van der Waals surface area contributed by atoms with Crippen molar-refractivity contribution < 1.29 is 14.7 Å². The highest BCUT2D eigenvalue weighted by Crippen LogP contribution is 2.09. The van der Waals surface area contributed by atoms with Crippen LogP contribution in [0, 0.1) is 6.92 Å². The second-order valence-electron chi connectivity index (χ2n) is 4.29. The number of anilines is 1. The van der Waals surface area contributed by atoms with E-state index in [1.54, 1.807) is 6.08 Å². The number of aromatic carboxylic acids is 1. The largest absolute Gasteiger partial charge is 0.476 e. The third-order valence-electron chi connectivity index (χ3n) is 2.65. The summed E-state index contributed by atoms with van der Waals surface area (Å²) in [5.74, 6) is -1.80. The van der Waals surface area contributed by atoms with E-state index in [0.29, 0.717) is 0 Å². The lowest BCUT2D eigenvalue weighted by Gasteiger charge is -2.03. The fourth-order valence-corrected chi connectivity index (χ4v) is 1.59. The molecule has 0 saturated heterocycles. The number of amides is 1. The van der Waals surface area contributed by atoms with E-state index in [4.69, 9.17) is 5.11 Å². The van der Waals surface area contributed by atoms with E-state index in [9.17, 15) is 9.59 Å². The van der Waals surface area contributed by atoms with Gasteiger partial charge in [0.05, 0.1) is 0 Å². The minimum atomic E-state index is -1.25. The first-order valence-electron chi connectivity index (χ1n) is 6.16. The Labute approximate surface area is 121 Å². The maximum absolute atomic E-state index is 11.8. The second kappa shape index (κ2) is 6.42. The van der Waals surface area contributed by atoms with Gasteiger partial charge in [0.1, 0.15) is 0 Å². The topological polar surface area (TPSA) is 92.2 Å². The molecule has 0 radical (unpaired) electrons. The van der Waals surface area contributed by atoms with Crippen molar-refractivity contribution in [2.75, 3.05) is 5.32 Å². The predicted molar refractivity (Wildman–Crippen MR) is 77.8 cm³/mol. The third kappa shape index (κ3) is 3.97. The smallest absolute Gasteiger partial charge is 0.358 e. The molecule has 1 aromatic carbocycles. The van der Waals surface area contributed by atoms with Gasteiger partial charge in [0.2, 0.25) is 5.91 Å². The Hall–Kier alpha value is -3.02. The fraction of sp³-hybridized carbons (Fsp3) is 0.0667. The molecule has 21 heavy (non-hydrogen) atoms. The number of nitrogens with zero attached hydrogens (tertiary/aromatic N) is 2. The minimum absolute atomic E-state index is 0.0800. The van der Waals surface area contributed by atoms with Crippen LogP contribution in [0.25, 0.3) is 6.08 Å². The summed E-state index contributed by atoms with van der Waals surface area (Å²) in [6.45, 7) is 1.97. The van der Waals surface area contributed by atoms with Crippen molar-refractivity contribution in [3.05, 3.63) is 59.6 Å². The highest BCUT2D eigenvalue weighted by molar-refractivity contribution is 6.04. The van der Waals surface area contributed by atoms with Crippen LogP contribution in [0.3, 0.4) is 0 Å². The quantitative estimate of drug-likeness (QED) is 0.839. The van der Waals surface area contributed by atoms with Gasteiger partial charge in [-0.3, -0.25) is 4.79 Å². The lowest BCUT2D eigenvalue weighted by molar-refractivity contribution is -0.111. The van der Waals surface area contributed by atoms with E-state index in [2.05, 4.69) is 15.3 Å². The predicted octanol–water partition coefficient (Wildman–Crippen LogP) is 2.14. The van der Waals surface area contributed by atoms with Gasteiger partial charge in [0, 0.05) is 18.5 Å². The number of rotatable bonds is 4. The SMILES string of the molecule is Cc1ccc(C=CC(=O)Nc2nccnc2C(=O)O)cc1. The zero-order valence-corrected chi connectivity index (χ0v) is 11.3. The Morgan fingerprint density at radius 2 is 1.81 bits per heavy atom. The molecule has 2 rings (SSSR count). The normalized spacial score (nSPS) is 10.5. The van der Waals surface area contributed by atoms with Crippen LogP contribution in [0.1, 0.15) is 21.6 Å². The van der Waals surface area contributed by atoms with E-state index in [1.165, 1.54) is 18.5 Å². The van der Waals surface area contributed by atoms with Crippen LogP contribution in [-0.2, 0) is 4.79 Å². The molecule has 0 unspecified atom stereocenters. The molecule has 106 valence electrons. The maximum Gasteiger partial charge on any atom is 0.358 e. The summed E-state index contributed by atoms with van der Waals surface area (Å²) in [4.78, 5) is 30.2. The van der Waals surface area contributed by atoms with Gasteiger partial charge in [-0.2, -0.15) is 0 Å². The summed E-state index contributed by atoms with van der Waals surface area (Å²) in [5.41, 5.74) is 1.70. The van der Waals surface area contributed by atoms with Crippen molar-refractivity contribution in [2.45, 2.75) is 6.92 Å². The van der Waals surface area contributed by atoms with Crippen LogP contribution in [-0.4, -0.2) is 27.0 Å². The van der Waals surface area contributed by atoms with Gasteiger partial charge >= 0.3 is 5.97 Å². The molecule has 1 aromatic heterocycles. The molecule has 0 aliphatic carbocycles. The highest BCUT2D eigenvalue weighted by atomic mass is 16.4. The Morgan fingerprint density at radius 3 is 2.48 bits per heavy atom. The van der Waals surface area contributed by atoms with Gasteiger partial charge in [-0.15, -0.1) is 0 Å². The number of aryl methyl sites for hydroxylation is 1. The number of carboxylic acid groups (broad SMARTS) is 1. The minimum Gasteiger partial charge on any atom is -0.476 e. The molecular weight excluding hydrogens is 270 g/mol. The monoisotopic (exact) mass is 283 g/mol. The number of carboxylic acids is 1. The zero-order chi connectivity index (χ0) is 15.2. The number of hydrogen-bond donors (Lipinski definition) is 2. The van der Waals surface area contributed by atoms with E-state index in [-0.39, 0.29) is 11.5 Å². The zero-order valence-electron chi connectivity index (χ0n) is 11.3. The van der Waals surface area contributed by atoms with Crippen LogP contribution >= 0.6 is 0 Å². The Kier molecular flexibility index (Phi) is 4.40. The lowest BCUT2D eigenvalue weighted by atomic mass is 10.1. The van der Waals surface area contributed by atoms with Crippen molar-refractivity contribution >= 4 is 23.8 Å². The summed E-state index contributed by atoms with van der Waals surface area (Å²) in [7, 11) is 0. The van der Waals surface area contributed by atoms with Crippen LogP contribution < -0.4 is 5.32 Å². The van der Waals surface area contributed by atoms with Crippen molar-refractivity contribution in [1.29, 1.82) is 0 Å². The summed E-state index contributed by atoms with van der Waals surface area (Å²) in [6, 6.07) is 7.62. The molecule has 0 aliphatic heterocycles. The average molecular weight is 283 g/mol. The van der Waals surface area contributed by atoms with Crippen LogP contribution in [0.5, 0.6) is 0 Å². The molecule has 1 amide bonds. The molecule has 0 aliphatic rings. The Bertz CT molecular complexity index is 694. The van der Waals surface area contributed by atoms with E-state index in [0.717, 1.165) is 11.1 Å². The van der Waals surface area contributed by atoms with Gasteiger partial charge in [-0.1, -0.05) is 29.8 Å². The first-order chi connectivity index (χ1) is 10.1. The average Bonchev–Trinajstić information content (AvgIpc) is 2.47. The molecule has 2 aromatic rings. The van der Waals surface area contributed by atoms with Gasteiger partial charge < -0.3 is 10.4 Å². The van der Waals surface area contributed by atoms with Crippen molar-refractivity contribution in [1.82, 2.24) is 9.97 Å². The first kappa shape index (κ1) is 14.4. The molecule has 6 heteroatoms. The number of aromatic nitrogens is 2. The Morgan fingerprint density at radius 1 is 1.14 bits per heavy atom. The van der Waals surface area contributed by atoms with Crippen molar-refractivity contribution in [3.8, 4) is 0 Å². The summed E-state index contributed by atoms with van der Waals surface area (Å²) in [5, 5.41) is 11.3. The van der Waals surface area contributed by atoms with Crippen LogP contribution in [0.2, 0.25) is 0 Å². The van der Waals surface area contributed by atoms with Gasteiger partial charge in [0.25, 0.3) is 0 Å². The first-order valence-corrected chi connectivity index (χ1v) is 6.16. The summed E-state index contributed by atoms with van der Waals surface area (Å²) in [6.07, 6.45) is 5.50. The fourth-order valence-electron chi connectivity index (χ4n) is 1.59.